The molecule has 23 heavy (non-hydrogen) atoms. The van der Waals surface area contributed by atoms with Gasteiger partial charge in [-0.3, -0.25) is 9.59 Å². The van der Waals surface area contributed by atoms with E-state index in [1.165, 1.54) is 30.5 Å². The van der Waals surface area contributed by atoms with Gasteiger partial charge in [-0.2, -0.15) is 5.10 Å². The van der Waals surface area contributed by atoms with Crippen LogP contribution in [0.2, 0.25) is 5.02 Å². The lowest BCUT2D eigenvalue weighted by atomic mass is 10.2. The fraction of sp³-hybridized carbons (Fsp3) is 0.0625. The summed E-state index contributed by atoms with van der Waals surface area (Å²) >= 11 is 5.84. The molecule has 7 heteroatoms. The summed E-state index contributed by atoms with van der Waals surface area (Å²) in [4.78, 5) is 23.4. The molecule has 2 N–H and O–H groups in total. The maximum absolute atomic E-state index is 12.7. The highest BCUT2D eigenvalue weighted by atomic mass is 35.5. The topological polar surface area (TPSA) is 70.6 Å². The monoisotopic (exact) mass is 333 g/mol. The fourth-order valence-corrected chi connectivity index (χ4v) is 1.85. The molecule has 0 atom stereocenters. The first-order valence-corrected chi connectivity index (χ1v) is 6.99. The molecular formula is C16H13ClFN3O2. The molecule has 0 unspecified atom stereocenters. The van der Waals surface area contributed by atoms with Crippen LogP contribution in [0.3, 0.4) is 0 Å². The van der Waals surface area contributed by atoms with Crippen molar-refractivity contribution in [1.29, 1.82) is 0 Å². The molecule has 0 heterocycles. The summed E-state index contributed by atoms with van der Waals surface area (Å²) in [6.45, 7) is 1.77. The number of rotatable bonds is 3. The lowest BCUT2D eigenvalue weighted by molar-refractivity contribution is -0.136. The van der Waals surface area contributed by atoms with Gasteiger partial charge >= 0.3 is 11.8 Å². The van der Waals surface area contributed by atoms with Crippen molar-refractivity contribution < 1.29 is 14.0 Å². The van der Waals surface area contributed by atoms with Gasteiger partial charge in [0.1, 0.15) is 5.82 Å². The lowest BCUT2D eigenvalue weighted by Gasteiger charge is -2.07. The van der Waals surface area contributed by atoms with E-state index in [9.17, 15) is 14.0 Å². The minimum atomic E-state index is -0.928. The van der Waals surface area contributed by atoms with Crippen LogP contribution in [-0.4, -0.2) is 18.0 Å². The van der Waals surface area contributed by atoms with Crippen LogP contribution in [0.1, 0.15) is 11.1 Å². The molecule has 0 saturated carbocycles. The molecule has 0 aliphatic heterocycles. The van der Waals surface area contributed by atoms with E-state index in [4.69, 9.17) is 11.6 Å². The number of hydrogen-bond donors (Lipinski definition) is 2. The first-order chi connectivity index (χ1) is 11.0. The molecule has 2 aromatic rings. The predicted molar refractivity (Wildman–Crippen MR) is 87.0 cm³/mol. The molecule has 0 aliphatic rings. The quantitative estimate of drug-likeness (QED) is 0.515. The van der Waals surface area contributed by atoms with Gasteiger partial charge < -0.3 is 5.32 Å². The Balaban J connectivity index is 1.93. The van der Waals surface area contributed by atoms with Crippen LogP contribution in [-0.2, 0) is 9.59 Å². The average molecular weight is 334 g/mol. The minimum absolute atomic E-state index is 0.373. The Morgan fingerprint density at radius 3 is 2.52 bits per heavy atom. The number of aryl methyl sites for hydroxylation is 1. The van der Waals surface area contributed by atoms with Gasteiger partial charge in [-0.15, -0.1) is 0 Å². The highest BCUT2D eigenvalue weighted by Crippen LogP contribution is 2.19. The normalized spacial score (nSPS) is 10.6. The van der Waals surface area contributed by atoms with Gasteiger partial charge in [0.25, 0.3) is 0 Å². The first-order valence-electron chi connectivity index (χ1n) is 6.62. The molecular weight excluding hydrogens is 321 g/mol. The van der Waals surface area contributed by atoms with Gasteiger partial charge in [0.2, 0.25) is 0 Å². The van der Waals surface area contributed by atoms with Gasteiger partial charge in [0, 0.05) is 10.7 Å². The van der Waals surface area contributed by atoms with Crippen LogP contribution in [0.4, 0.5) is 10.1 Å². The van der Waals surface area contributed by atoms with Crippen molar-refractivity contribution in [2.24, 2.45) is 5.10 Å². The number of nitrogens with one attached hydrogen (secondary N) is 2. The Labute approximate surface area is 137 Å². The van der Waals surface area contributed by atoms with Crippen molar-refractivity contribution in [3.63, 3.8) is 0 Å². The number of hydrazone groups is 1. The summed E-state index contributed by atoms with van der Waals surface area (Å²) in [6.07, 6.45) is 1.30. The molecule has 0 fully saturated rings. The molecule has 0 bridgehead atoms. The SMILES string of the molecule is Cc1ccc(Cl)cc1NC(=O)C(=O)NN=Cc1ccc(F)cc1. The summed E-state index contributed by atoms with van der Waals surface area (Å²) in [7, 11) is 0. The van der Waals surface area contributed by atoms with Crippen LogP contribution >= 0.6 is 11.6 Å². The molecule has 118 valence electrons. The van der Waals surface area contributed by atoms with E-state index >= 15 is 0 Å². The standard InChI is InChI=1S/C16H13ClFN3O2/c1-10-2-5-12(17)8-14(10)20-15(22)16(23)21-19-9-11-3-6-13(18)7-4-11/h2-9H,1H3,(H,20,22)(H,21,23). The predicted octanol–water partition coefficient (Wildman–Crippen LogP) is 2.88. The van der Waals surface area contributed by atoms with Crippen molar-refractivity contribution in [2.75, 3.05) is 5.32 Å². The molecule has 2 amide bonds. The number of amides is 2. The highest BCUT2D eigenvalue weighted by molar-refractivity contribution is 6.40. The molecule has 0 radical (unpaired) electrons. The van der Waals surface area contributed by atoms with Crippen LogP contribution in [0.25, 0.3) is 0 Å². The second-order valence-electron chi connectivity index (χ2n) is 4.66. The smallest absolute Gasteiger partial charge is 0.317 e. The summed E-state index contributed by atoms with van der Waals surface area (Å²) in [6, 6.07) is 10.4. The number of halogens is 2. The second-order valence-corrected chi connectivity index (χ2v) is 5.10. The van der Waals surface area contributed by atoms with Crippen LogP contribution < -0.4 is 10.7 Å². The Hall–Kier alpha value is -2.73. The van der Waals surface area contributed by atoms with Gasteiger partial charge in [0.15, 0.2) is 0 Å². The molecule has 2 rings (SSSR count). The van der Waals surface area contributed by atoms with Crippen molar-refractivity contribution in [3.05, 3.63) is 64.4 Å². The highest BCUT2D eigenvalue weighted by Gasteiger charge is 2.14. The summed E-state index contributed by atoms with van der Waals surface area (Å²) in [5.41, 5.74) is 3.89. The maximum atomic E-state index is 12.7. The fourth-order valence-electron chi connectivity index (χ4n) is 1.67. The van der Waals surface area contributed by atoms with E-state index in [1.54, 1.807) is 25.1 Å². The van der Waals surface area contributed by atoms with E-state index in [0.29, 0.717) is 16.3 Å². The number of carbonyl (C=O) groups is 2. The lowest BCUT2D eigenvalue weighted by Crippen LogP contribution is -2.32. The van der Waals surface area contributed by atoms with Gasteiger partial charge in [-0.25, -0.2) is 9.82 Å². The van der Waals surface area contributed by atoms with E-state index < -0.39 is 11.8 Å². The summed E-state index contributed by atoms with van der Waals surface area (Å²) < 4.78 is 12.7. The Kier molecular flexibility index (Phi) is 5.43. The largest absolute Gasteiger partial charge is 0.329 e. The Morgan fingerprint density at radius 2 is 1.83 bits per heavy atom. The summed E-state index contributed by atoms with van der Waals surface area (Å²) in [5, 5.41) is 6.53. The van der Waals surface area contributed by atoms with Crippen LogP contribution in [0, 0.1) is 12.7 Å². The summed E-state index contributed by atoms with van der Waals surface area (Å²) in [5.74, 6) is -2.17. The third kappa shape index (κ3) is 4.89. The number of hydrogen-bond acceptors (Lipinski definition) is 3. The number of nitrogens with zero attached hydrogens (tertiary/aromatic N) is 1. The minimum Gasteiger partial charge on any atom is -0.317 e. The Bertz CT molecular complexity index is 760. The molecule has 5 nitrogen and oxygen atoms in total. The van der Waals surface area contributed by atoms with Crippen LogP contribution in [0.15, 0.2) is 47.6 Å². The zero-order valence-corrected chi connectivity index (χ0v) is 12.9. The molecule has 2 aromatic carbocycles. The van der Waals surface area contributed by atoms with Crippen LogP contribution in [0.5, 0.6) is 0 Å². The van der Waals surface area contributed by atoms with Crippen molar-refractivity contribution >= 4 is 35.3 Å². The Morgan fingerprint density at radius 1 is 1.13 bits per heavy atom. The number of benzene rings is 2. The van der Waals surface area contributed by atoms with E-state index in [-0.39, 0.29) is 5.82 Å². The van der Waals surface area contributed by atoms with Crippen molar-refractivity contribution in [1.82, 2.24) is 5.43 Å². The molecule has 0 spiro atoms. The third-order valence-corrected chi connectivity index (χ3v) is 3.14. The van der Waals surface area contributed by atoms with Gasteiger partial charge in [-0.05, 0) is 42.3 Å². The van der Waals surface area contributed by atoms with Crippen molar-refractivity contribution in [2.45, 2.75) is 6.92 Å². The van der Waals surface area contributed by atoms with E-state index in [2.05, 4.69) is 15.8 Å². The zero-order valence-electron chi connectivity index (χ0n) is 12.1. The molecule has 0 saturated heterocycles. The van der Waals surface area contributed by atoms with Gasteiger partial charge in [0.05, 0.1) is 6.21 Å². The third-order valence-electron chi connectivity index (χ3n) is 2.90. The van der Waals surface area contributed by atoms with Gasteiger partial charge in [-0.1, -0.05) is 29.8 Å². The molecule has 0 aromatic heterocycles. The number of anilines is 1. The van der Waals surface area contributed by atoms with E-state index in [0.717, 1.165) is 5.56 Å². The number of carbonyl (C=O) groups excluding carboxylic acids is 2. The van der Waals surface area contributed by atoms with Crippen molar-refractivity contribution in [3.8, 4) is 0 Å². The maximum Gasteiger partial charge on any atom is 0.329 e. The molecule has 0 aliphatic carbocycles. The first kappa shape index (κ1) is 16.6. The second kappa shape index (κ2) is 7.51. The zero-order chi connectivity index (χ0) is 16.8. The van der Waals surface area contributed by atoms with E-state index in [1.807, 2.05) is 0 Å². The average Bonchev–Trinajstić information content (AvgIpc) is 2.52.